The second kappa shape index (κ2) is 7.98. The van der Waals surface area contributed by atoms with Gasteiger partial charge in [0, 0.05) is 30.2 Å². The van der Waals surface area contributed by atoms with E-state index in [-0.39, 0.29) is 11.7 Å². The van der Waals surface area contributed by atoms with Gasteiger partial charge in [0.25, 0.3) is 0 Å². The van der Waals surface area contributed by atoms with Crippen molar-refractivity contribution >= 4 is 17.7 Å². The van der Waals surface area contributed by atoms with E-state index in [1.807, 2.05) is 36.5 Å². The van der Waals surface area contributed by atoms with Crippen molar-refractivity contribution in [2.45, 2.75) is 11.4 Å². The van der Waals surface area contributed by atoms with Gasteiger partial charge in [0.2, 0.25) is 5.91 Å². The lowest BCUT2D eigenvalue weighted by atomic mass is 10.3. The van der Waals surface area contributed by atoms with Crippen LogP contribution in [-0.2, 0) is 11.3 Å². The molecule has 1 amide bonds. The highest BCUT2D eigenvalue weighted by atomic mass is 32.2. The highest BCUT2D eigenvalue weighted by Crippen LogP contribution is 2.19. The molecule has 3 rings (SSSR count). The maximum Gasteiger partial charge on any atom is 0.232 e. The molecule has 1 heterocycles. The van der Waals surface area contributed by atoms with Gasteiger partial charge in [0.15, 0.2) is 0 Å². The van der Waals surface area contributed by atoms with Crippen LogP contribution in [0.4, 0.5) is 4.39 Å². The van der Waals surface area contributed by atoms with Gasteiger partial charge in [0.1, 0.15) is 5.82 Å². The number of carbonyl (C=O) groups excluding carboxylic acids is 1. The first-order valence-corrected chi connectivity index (χ1v) is 8.82. The van der Waals surface area contributed by atoms with E-state index in [1.165, 1.54) is 23.9 Å². The molecule has 128 valence electrons. The number of halogens is 1. The largest absolute Gasteiger partial charge is 0.341 e. The van der Waals surface area contributed by atoms with Crippen molar-refractivity contribution in [3.8, 4) is 5.69 Å². The van der Waals surface area contributed by atoms with Crippen LogP contribution in [0, 0.1) is 5.82 Å². The predicted molar refractivity (Wildman–Crippen MR) is 97.2 cm³/mol. The number of hydrogen-bond donors (Lipinski definition) is 0. The van der Waals surface area contributed by atoms with Gasteiger partial charge < -0.3 is 4.90 Å². The summed E-state index contributed by atoms with van der Waals surface area (Å²) < 4.78 is 14.7. The molecule has 25 heavy (non-hydrogen) atoms. The third kappa shape index (κ3) is 4.70. The molecule has 0 aliphatic carbocycles. The molecule has 0 spiro atoms. The molecular formula is C19H18FN3OS. The Morgan fingerprint density at radius 2 is 1.88 bits per heavy atom. The summed E-state index contributed by atoms with van der Waals surface area (Å²) in [6.07, 6.45) is 3.69. The van der Waals surface area contributed by atoms with Gasteiger partial charge in [-0.3, -0.25) is 4.79 Å². The van der Waals surface area contributed by atoms with Crippen molar-refractivity contribution in [2.75, 3.05) is 12.8 Å². The molecule has 1 aromatic heterocycles. The summed E-state index contributed by atoms with van der Waals surface area (Å²) >= 11 is 1.40. The SMILES string of the molecule is CN(Cc1cnn(-c2ccccc2)c1)C(=O)CSc1ccc(F)cc1. The molecule has 3 aromatic rings. The van der Waals surface area contributed by atoms with Crippen LogP contribution in [0.1, 0.15) is 5.56 Å². The van der Waals surface area contributed by atoms with Crippen LogP contribution in [0.2, 0.25) is 0 Å². The summed E-state index contributed by atoms with van der Waals surface area (Å²) in [4.78, 5) is 14.8. The summed E-state index contributed by atoms with van der Waals surface area (Å²) in [6, 6.07) is 16.0. The fourth-order valence-corrected chi connectivity index (χ4v) is 3.15. The maximum atomic E-state index is 12.9. The van der Waals surface area contributed by atoms with Crippen molar-refractivity contribution in [1.29, 1.82) is 0 Å². The fourth-order valence-electron chi connectivity index (χ4n) is 2.31. The first kappa shape index (κ1) is 17.2. The first-order valence-electron chi connectivity index (χ1n) is 7.83. The monoisotopic (exact) mass is 355 g/mol. The van der Waals surface area contributed by atoms with E-state index < -0.39 is 0 Å². The first-order chi connectivity index (χ1) is 12.1. The van der Waals surface area contributed by atoms with Crippen LogP contribution in [0.5, 0.6) is 0 Å². The van der Waals surface area contributed by atoms with E-state index in [4.69, 9.17) is 0 Å². The molecule has 0 radical (unpaired) electrons. The summed E-state index contributed by atoms with van der Waals surface area (Å²) in [5.74, 6) is 0.0552. The topological polar surface area (TPSA) is 38.1 Å². The summed E-state index contributed by atoms with van der Waals surface area (Å²) in [5, 5.41) is 4.34. The zero-order chi connectivity index (χ0) is 17.6. The lowest BCUT2D eigenvalue weighted by molar-refractivity contribution is -0.127. The van der Waals surface area contributed by atoms with Crippen LogP contribution >= 0.6 is 11.8 Å². The number of aromatic nitrogens is 2. The minimum atomic E-state index is -0.275. The van der Waals surface area contributed by atoms with Gasteiger partial charge >= 0.3 is 0 Å². The molecule has 0 unspecified atom stereocenters. The number of amides is 1. The van der Waals surface area contributed by atoms with E-state index in [0.29, 0.717) is 12.3 Å². The van der Waals surface area contributed by atoms with Gasteiger partial charge in [-0.25, -0.2) is 9.07 Å². The highest BCUT2D eigenvalue weighted by molar-refractivity contribution is 8.00. The molecular weight excluding hydrogens is 337 g/mol. The molecule has 0 N–H and O–H groups in total. The highest BCUT2D eigenvalue weighted by Gasteiger charge is 2.11. The van der Waals surface area contributed by atoms with Gasteiger partial charge in [-0.1, -0.05) is 18.2 Å². The average molecular weight is 355 g/mol. The fraction of sp³-hybridized carbons (Fsp3) is 0.158. The third-order valence-electron chi connectivity index (χ3n) is 3.68. The molecule has 0 saturated heterocycles. The molecule has 0 fully saturated rings. The molecule has 0 aliphatic heterocycles. The summed E-state index contributed by atoms with van der Waals surface area (Å²) in [7, 11) is 1.77. The molecule has 0 bridgehead atoms. The second-order valence-corrected chi connectivity index (χ2v) is 6.67. The Labute approximate surface area is 150 Å². The number of thioether (sulfide) groups is 1. The zero-order valence-electron chi connectivity index (χ0n) is 13.8. The maximum absolute atomic E-state index is 12.9. The van der Waals surface area contributed by atoms with E-state index in [0.717, 1.165) is 16.1 Å². The van der Waals surface area contributed by atoms with Crippen molar-refractivity contribution in [3.63, 3.8) is 0 Å². The average Bonchev–Trinajstić information content (AvgIpc) is 3.10. The second-order valence-electron chi connectivity index (χ2n) is 5.62. The normalized spacial score (nSPS) is 10.6. The predicted octanol–water partition coefficient (Wildman–Crippen LogP) is 3.76. The van der Waals surface area contributed by atoms with Crippen LogP contribution in [-0.4, -0.2) is 33.4 Å². The molecule has 4 nitrogen and oxygen atoms in total. The Morgan fingerprint density at radius 1 is 1.16 bits per heavy atom. The van der Waals surface area contributed by atoms with Crippen molar-refractivity contribution in [3.05, 3.63) is 78.4 Å². The number of para-hydroxylation sites is 1. The van der Waals surface area contributed by atoms with E-state index in [2.05, 4.69) is 5.10 Å². The Hall–Kier alpha value is -2.60. The van der Waals surface area contributed by atoms with E-state index in [1.54, 1.807) is 35.0 Å². The smallest absolute Gasteiger partial charge is 0.232 e. The minimum absolute atomic E-state index is 0.0155. The van der Waals surface area contributed by atoms with Gasteiger partial charge in [-0.15, -0.1) is 11.8 Å². The van der Waals surface area contributed by atoms with Crippen LogP contribution < -0.4 is 0 Å². The Morgan fingerprint density at radius 3 is 2.60 bits per heavy atom. The van der Waals surface area contributed by atoms with Crippen molar-refractivity contribution in [2.24, 2.45) is 0 Å². The number of rotatable bonds is 6. The lowest BCUT2D eigenvalue weighted by Crippen LogP contribution is -2.27. The summed E-state index contributed by atoms with van der Waals surface area (Å²) in [6.45, 7) is 0.496. The quantitative estimate of drug-likeness (QED) is 0.632. The number of benzene rings is 2. The molecule has 0 atom stereocenters. The minimum Gasteiger partial charge on any atom is -0.341 e. The Balaban J connectivity index is 1.54. The van der Waals surface area contributed by atoms with Crippen molar-refractivity contribution in [1.82, 2.24) is 14.7 Å². The Bertz CT molecular complexity index is 833. The standard InChI is InChI=1S/C19H18FN3OS/c1-22(19(24)14-25-18-9-7-16(20)8-10-18)12-15-11-21-23(13-15)17-5-3-2-4-6-17/h2-11,13H,12,14H2,1H3. The molecule has 0 saturated carbocycles. The molecule has 6 heteroatoms. The lowest BCUT2D eigenvalue weighted by Gasteiger charge is -2.15. The molecule has 2 aromatic carbocycles. The zero-order valence-corrected chi connectivity index (χ0v) is 14.6. The van der Waals surface area contributed by atoms with Gasteiger partial charge in [-0.05, 0) is 36.4 Å². The number of nitrogens with zero attached hydrogens (tertiary/aromatic N) is 3. The third-order valence-corrected chi connectivity index (χ3v) is 4.68. The van der Waals surface area contributed by atoms with Gasteiger partial charge in [-0.2, -0.15) is 5.10 Å². The van der Waals surface area contributed by atoms with Crippen LogP contribution in [0.25, 0.3) is 5.69 Å². The van der Waals surface area contributed by atoms with Gasteiger partial charge in [0.05, 0.1) is 17.6 Å². The number of hydrogen-bond acceptors (Lipinski definition) is 3. The van der Waals surface area contributed by atoms with Crippen LogP contribution in [0.15, 0.2) is 71.9 Å². The molecule has 0 aliphatic rings. The van der Waals surface area contributed by atoms with E-state index in [9.17, 15) is 9.18 Å². The van der Waals surface area contributed by atoms with Crippen LogP contribution in [0.3, 0.4) is 0 Å². The Kier molecular flexibility index (Phi) is 5.50. The van der Waals surface area contributed by atoms with Crippen molar-refractivity contribution < 1.29 is 9.18 Å². The number of carbonyl (C=O) groups is 1. The van der Waals surface area contributed by atoms with E-state index >= 15 is 0 Å². The summed E-state index contributed by atoms with van der Waals surface area (Å²) in [5.41, 5.74) is 1.95.